The molecule has 0 radical (unpaired) electrons. The van der Waals surface area contributed by atoms with Crippen molar-refractivity contribution in [3.8, 4) is 0 Å². The third-order valence-electron chi connectivity index (χ3n) is 5.59. The number of nitrogens with one attached hydrogen (secondary N) is 2. The van der Waals surface area contributed by atoms with E-state index in [2.05, 4.69) is 10.6 Å². The number of nitrogens with zero attached hydrogens (tertiary/aromatic N) is 1. The minimum absolute atomic E-state index is 0.0173. The zero-order valence-electron chi connectivity index (χ0n) is 19.3. The molecule has 1 heterocycles. The lowest BCUT2D eigenvalue weighted by atomic mass is 10.1. The third kappa shape index (κ3) is 8.59. The van der Waals surface area contributed by atoms with Gasteiger partial charge in [-0.15, -0.1) is 0 Å². The predicted molar refractivity (Wildman–Crippen MR) is 136 cm³/mol. The molecule has 2 N–H and O–H groups in total. The van der Waals surface area contributed by atoms with Crippen LogP contribution in [0.15, 0.2) is 54.6 Å². The topological polar surface area (TPSA) is 87.7 Å². The van der Waals surface area contributed by atoms with Crippen LogP contribution in [-0.2, 0) is 20.7 Å². The molecule has 0 spiro atoms. The normalized spacial score (nSPS) is 13.5. The molecular formula is C26H31N3O4S. The summed E-state index contributed by atoms with van der Waals surface area (Å²) in [7, 11) is 0. The SMILES string of the molecule is O=C(CCC(=O)OCCc1ccccc1)NC(=S)Nc1ccc(C(=O)N2CCCCCC2)cc1. The Hall–Kier alpha value is -3.26. The quantitative estimate of drug-likeness (QED) is 0.436. The molecule has 0 unspecified atom stereocenters. The number of hydrogen-bond donors (Lipinski definition) is 2. The second-order valence-corrected chi connectivity index (χ2v) is 8.65. The number of rotatable bonds is 8. The molecule has 0 bridgehead atoms. The summed E-state index contributed by atoms with van der Waals surface area (Å²) in [4.78, 5) is 38.5. The molecule has 3 rings (SSSR count). The number of carbonyl (C=O) groups is 3. The molecule has 7 nitrogen and oxygen atoms in total. The molecule has 0 aliphatic carbocycles. The summed E-state index contributed by atoms with van der Waals surface area (Å²) >= 11 is 5.18. The molecule has 1 fully saturated rings. The van der Waals surface area contributed by atoms with E-state index < -0.39 is 5.97 Å². The summed E-state index contributed by atoms with van der Waals surface area (Å²) in [6.07, 6.45) is 5.03. The fourth-order valence-electron chi connectivity index (χ4n) is 3.72. The lowest BCUT2D eigenvalue weighted by molar-refractivity contribution is -0.144. The van der Waals surface area contributed by atoms with Gasteiger partial charge in [-0.2, -0.15) is 0 Å². The van der Waals surface area contributed by atoms with E-state index in [1.165, 1.54) is 12.8 Å². The molecular weight excluding hydrogens is 450 g/mol. The Kier molecular flexibility index (Phi) is 10.0. The second-order valence-electron chi connectivity index (χ2n) is 8.24. The van der Waals surface area contributed by atoms with Gasteiger partial charge >= 0.3 is 5.97 Å². The van der Waals surface area contributed by atoms with Crippen LogP contribution in [0.5, 0.6) is 0 Å². The molecule has 1 aliphatic rings. The monoisotopic (exact) mass is 481 g/mol. The first-order valence-electron chi connectivity index (χ1n) is 11.7. The largest absolute Gasteiger partial charge is 0.465 e. The van der Waals surface area contributed by atoms with E-state index in [9.17, 15) is 14.4 Å². The van der Waals surface area contributed by atoms with E-state index in [0.717, 1.165) is 31.5 Å². The minimum Gasteiger partial charge on any atom is -0.465 e. The molecule has 2 aromatic rings. The molecule has 8 heteroatoms. The summed E-state index contributed by atoms with van der Waals surface area (Å²) in [6.45, 7) is 1.88. The van der Waals surface area contributed by atoms with E-state index in [1.54, 1.807) is 24.3 Å². The van der Waals surface area contributed by atoms with Crippen LogP contribution in [0, 0.1) is 0 Å². The van der Waals surface area contributed by atoms with Crippen molar-refractivity contribution in [1.82, 2.24) is 10.2 Å². The Morgan fingerprint density at radius 2 is 1.56 bits per heavy atom. The molecule has 1 saturated heterocycles. The van der Waals surface area contributed by atoms with Crippen LogP contribution < -0.4 is 10.6 Å². The average Bonchev–Trinajstić information content (AvgIpc) is 3.13. The standard InChI is InChI=1S/C26H31N3O4S/c30-23(14-15-24(31)33-19-16-20-8-4-3-5-9-20)28-26(34)27-22-12-10-21(11-13-22)25(32)29-17-6-1-2-7-18-29/h3-5,8-13H,1-2,6-7,14-19H2,(H2,27,28,30,34). The Labute approximate surface area is 205 Å². The highest BCUT2D eigenvalue weighted by molar-refractivity contribution is 7.80. The minimum atomic E-state index is -0.422. The van der Waals surface area contributed by atoms with Gasteiger partial charge in [0.05, 0.1) is 13.0 Å². The predicted octanol–water partition coefficient (Wildman–Crippen LogP) is 4.08. The fraction of sp³-hybridized carbons (Fsp3) is 0.385. The lowest BCUT2D eigenvalue weighted by Gasteiger charge is -2.20. The van der Waals surface area contributed by atoms with Crippen LogP contribution in [0.3, 0.4) is 0 Å². The molecule has 2 aromatic carbocycles. The summed E-state index contributed by atoms with van der Waals surface area (Å²) in [5, 5.41) is 5.62. The Bertz CT molecular complexity index is 971. The van der Waals surface area contributed by atoms with Gasteiger partial charge in [-0.25, -0.2) is 0 Å². The van der Waals surface area contributed by atoms with Gasteiger partial charge in [-0.3, -0.25) is 14.4 Å². The molecule has 180 valence electrons. The van der Waals surface area contributed by atoms with Crippen LogP contribution in [-0.4, -0.2) is 47.5 Å². The van der Waals surface area contributed by atoms with E-state index in [0.29, 0.717) is 17.7 Å². The fourth-order valence-corrected chi connectivity index (χ4v) is 3.95. The first kappa shape index (κ1) is 25.4. The number of carbonyl (C=O) groups excluding carboxylic acids is 3. The maximum absolute atomic E-state index is 12.7. The van der Waals surface area contributed by atoms with Crippen molar-refractivity contribution in [2.75, 3.05) is 25.0 Å². The molecule has 1 aliphatic heterocycles. The number of anilines is 1. The van der Waals surface area contributed by atoms with Crippen molar-refractivity contribution in [2.24, 2.45) is 0 Å². The maximum Gasteiger partial charge on any atom is 0.306 e. The lowest BCUT2D eigenvalue weighted by Crippen LogP contribution is -2.34. The van der Waals surface area contributed by atoms with Gasteiger partial charge in [0.2, 0.25) is 5.91 Å². The first-order valence-corrected chi connectivity index (χ1v) is 12.1. The van der Waals surface area contributed by atoms with Crippen LogP contribution in [0.2, 0.25) is 0 Å². The van der Waals surface area contributed by atoms with Gasteiger partial charge in [-0.05, 0) is 54.9 Å². The summed E-state index contributed by atoms with van der Waals surface area (Å²) in [6, 6.07) is 16.8. The highest BCUT2D eigenvalue weighted by Crippen LogP contribution is 2.15. The van der Waals surface area contributed by atoms with Crippen molar-refractivity contribution in [3.05, 3.63) is 65.7 Å². The maximum atomic E-state index is 12.7. The van der Waals surface area contributed by atoms with E-state index in [4.69, 9.17) is 17.0 Å². The second kappa shape index (κ2) is 13.4. The summed E-state index contributed by atoms with van der Waals surface area (Å²) in [5.74, 6) is -0.750. The number of ether oxygens (including phenoxy) is 1. The Balaban J connectivity index is 1.35. The van der Waals surface area contributed by atoms with Crippen LogP contribution >= 0.6 is 12.2 Å². The zero-order chi connectivity index (χ0) is 24.2. The van der Waals surface area contributed by atoms with Crippen LogP contribution in [0.1, 0.15) is 54.4 Å². The van der Waals surface area contributed by atoms with Gasteiger partial charge in [0.1, 0.15) is 0 Å². The molecule has 0 aromatic heterocycles. The van der Waals surface area contributed by atoms with Gasteiger partial charge < -0.3 is 20.3 Å². The number of amides is 2. The van der Waals surface area contributed by atoms with Crippen LogP contribution in [0.4, 0.5) is 5.69 Å². The van der Waals surface area contributed by atoms with Crippen molar-refractivity contribution in [2.45, 2.75) is 44.9 Å². The Morgan fingerprint density at radius 1 is 0.882 bits per heavy atom. The van der Waals surface area contributed by atoms with Gasteiger partial charge in [-0.1, -0.05) is 43.2 Å². The highest BCUT2D eigenvalue weighted by atomic mass is 32.1. The number of esters is 1. The first-order chi connectivity index (χ1) is 16.5. The van der Waals surface area contributed by atoms with E-state index in [-0.39, 0.29) is 36.4 Å². The highest BCUT2D eigenvalue weighted by Gasteiger charge is 2.17. The number of benzene rings is 2. The average molecular weight is 482 g/mol. The third-order valence-corrected chi connectivity index (χ3v) is 5.79. The molecule has 34 heavy (non-hydrogen) atoms. The smallest absolute Gasteiger partial charge is 0.306 e. The number of thiocarbonyl (C=S) groups is 1. The zero-order valence-corrected chi connectivity index (χ0v) is 20.1. The van der Waals surface area contributed by atoms with Gasteiger partial charge in [0.25, 0.3) is 5.91 Å². The Morgan fingerprint density at radius 3 is 2.24 bits per heavy atom. The number of hydrogen-bond acceptors (Lipinski definition) is 5. The molecule has 0 saturated carbocycles. The molecule has 0 atom stereocenters. The number of likely N-dealkylation sites (tertiary alicyclic amines) is 1. The van der Waals surface area contributed by atoms with Crippen LogP contribution in [0.25, 0.3) is 0 Å². The van der Waals surface area contributed by atoms with Crippen molar-refractivity contribution >= 4 is 40.8 Å². The van der Waals surface area contributed by atoms with Gasteiger partial charge in [0.15, 0.2) is 5.11 Å². The summed E-state index contributed by atoms with van der Waals surface area (Å²) in [5.41, 5.74) is 2.38. The van der Waals surface area contributed by atoms with Gasteiger partial charge in [0, 0.05) is 37.2 Å². The van der Waals surface area contributed by atoms with E-state index in [1.807, 2.05) is 35.2 Å². The summed E-state index contributed by atoms with van der Waals surface area (Å²) < 4.78 is 5.18. The molecule has 2 amide bonds. The van der Waals surface area contributed by atoms with Crippen molar-refractivity contribution in [1.29, 1.82) is 0 Å². The van der Waals surface area contributed by atoms with Crippen molar-refractivity contribution in [3.63, 3.8) is 0 Å². The van der Waals surface area contributed by atoms with Crippen molar-refractivity contribution < 1.29 is 19.1 Å². The van der Waals surface area contributed by atoms with E-state index >= 15 is 0 Å².